The summed E-state index contributed by atoms with van der Waals surface area (Å²) in [4.78, 5) is 10.3. The summed E-state index contributed by atoms with van der Waals surface area (Å²) in [5, 5.41) is 6.10. The molecule has 0 unspecified atom stereocenters. The molecule has 3 N–H and O–H groups in total. The molecule has 0 spiro atoms. The van der Waals surface area contributed by atoms with E-state index in [0.29, 0.717) is 0 Å². The number of nitrogens with two attached hydrogens (primary N) is 1. The topological polar surface area (TPSA) is 63.8 Å². The van der Waals surface area contributed by atoms with Crippen LogP contribution in [0.5, 0.6) is 0 Å². The Morgan fingerprint density at radius 2 is 1.21 bits per heavy atom. The normalized spacial score (nSPS) is 11.1. The van der Waals surface area contributed by atoms with E-state index >= 15 is 0 Å². The first-order valence-electron chi connectivity index (χ1n) is 13.8. The van der Waals surface area contributed by atoms with Gasteiger partial charge in [-0.15, -0.1) is 0 Å². The molecule has 0 aliphatic heterocycles. The molecule has 0 bridgehead atoms. The first-order chi connectivity index (χ1) is 18.8. The zero-order chi connectivity index (χ0) is 26.0. The Bertz CT molecular complexity index is 1440. The molecular formula is C34H36N4. The van der Waals surface area contributed by atoms with Crippen LogP contribution < -0.4 is 11.1 Å². The lowest BCUT2D eigenvalue weighted by atomic mass is 9.95. The van der Waals surface area contributed by atoms with Crippen molar-refractivity contribution in [3.63, 3.8) is 0 Å². The molecule has 0 fully saturated rings. The molecule has 1 heterocycles. The highest BCUT2D eigenvalue weighted by atomic mass is 15.0. The highest BCUT2D eigenvalue weighted by Gasteiger charge is 2.20. The van der Waals surface area contributed by atoms with Crippen molar-refractivity contribution in [1.82, 2.24) is 9.97 Å². The molecule has 38 heavy (non-hydrogen) atoms. The summed E-state index contributed by atoms with van der Waals surface area (Å²) in [6.45, 7) is 1.66. The van der Waals surface area contributed by atoms with Crippen molar-refractivity contribution < 1.29 is 0 Å². The highest BCUT2D eigenvalue weighted by molar-refractivity contribution is 6.01. The lowest BCUT2D eigenvalue weighted by Crippen LogP contribution is -2.08. The second-order valence-electron chi connectivity index (χ2n) is 9.71. The van der Waals surface area contributed by atoms with Crippen LogP contribution in [-0.2, 0) is 0 Å². The van der Waals surface area contributed by atoms with E-state index in [4.69, 9.17) is 15.7 Å². The van der Waals surface area contributed by atoms with Crippen LogP contribution in [0.25, 0.3) is 44.5 Å². The Balaban J connectivity index is 1.58. The van der Waals surface area contributed by atoms with Crippen molar-refractivity contribution in [3.05, 3.63) is 103 Å². The molecule has 0 aliphatic rings. The maximum Gasteiger partial charge on any atom is 0.162 e. The number of rotatable bonds is 12. The lowest BCUT2D eigenvalue weighted by molar-refractivity contribution is 0.605. The van der Waals surface area contributed by atoms with Gasteiger partial charge in [-0.2, -0.15) is 0 Å². The van der Waals surface area contributed by atoms with Crippen LogP contribution in [0.2, 0.25) is 0 Å². The number of hydrogen-bond donors (Lipinski definition) is 2. The molecule has 0 radical (unpaired) electrons. The third-order valence-corrected chi connectivity index (χ3v) is 6.97. The summed E-state index contributed by atoms with van der Waals surface area (Å²) >= 11 is 0. The molecule has 4 nitrogen and oxygen atoms in total. The predicted molar refractivity (Wildman–Crippen MR) is 161 cm³/mol. The van der Waals surface area contributed by atoms with Crippen molar-refractivity contribution in [2.75, 3.05) is 18.4 Å². The van der Waals surface area contributed by atoms with E-state index in [9.17, 15) is 0 Å². The molecule has 4 aromatic carbocycles. The molecule has 0 saturated carbocycles. The lowest BCUT2D eigenvalue weighted by Gasteiger charge is -2.18. The van der Waals surface area contributed by atoms with Crippen LogP contribution in [-0.4, -0.2) is 23.1 Å². The fraction of sp³-hybridized carbons (Fsp3) is 0.235. The first-order valence-corrected chi connectivity index (χ1v) is 13.8. The number of aromatic nitrogens is 2. The van der Waals surface area contributed by atoms with E-state index in [-0.39, 0.29) is 0 Å². The second-order valence-corrected chi connectivity index (χ2v) is 9.71. The average Bonchev–Trinajstić information content (AvgIpc) is 2.98. The molecule has 0 saturated heterocycles. The first kappa shape index (κ1) is 25.6. The number of hydrogen-bond acceptors (Lipinski definition) is 4. The van der Waals surface area contributed by atoms with Gasteiger partial charge >= 0.3 is 0 Å². The second kappa shape index (κ2) is 13.0. The van der Waals surface area contributed by atoms with E-state index in [2.05, 4.69) is 90.2 Å². The molecule has 0 atom stereocenters. The summed E-state index contributed by atoms with van der Waals surface area (Å²) in [7, 11) is 0. The van der Waals surface area contributed by atoms with Gasteiger partial charge in [0.05, 0.1) is 11.3 Å². The molecule has 0 aliphatic carbocycles. The molecule has 1 aromatic heterocycles. The fourth-order valence-corrected chi connectivity index (χ4v) is 4.99. The van der Waals surface area contributed by atoms with Crippen LogP contribution in [0.1, 0.15) is 38.5 Å². The van der Waals surface area contributed by atoms with Gasteiger partial charge in [0.25, 0.3) is 0 Å². The summed E-state index contributed by atoms with van der Waals surface area (Å²) in [6, 6.07) is 35.8. The molecule has 0 amide bonds. The van der Waals surface area contributed by atoms with E-state index < -0.39 is 0 Å². The smallest absolute Gasteiger partial charge is 0.162 e. The van der Waals surface area contributed by atoms with E-state index in [1.807, 2.05) is 18.2 Å². The van der Waals surface area contributed by atoms with Crippen LogP contribution in [0.3, 0.4) is 0 Å². The van der Waals surface area contributed by atoms with Gasteiger partial charge in [0, 0.05) is 17.7 Å². The van der Waals surface area contributed by atoms with Gasteiger partial charge < -0.3 is 11.1 Å². The average molecular weight is 501 g/mol. The number of fused-ring (bicyclic) bond motifs is 1. The van der Waals surface area contributed by atoms with Crippen LogP contribution in [0, 0.1) is 0 Å². The van der Waals surface area contributed by atoms with Gasteiger partial charge in [-0.1, -0.05) is 129 Å². The van der Waals surface area contributed by atoms with Gasteiger partial charge in [0.1, 0.15) is 5.82 Å². The Morgan fingerprint density at radius 3 is 1.97 bits per heavy atom. The SMILES string of the molecule is NCCCCCCCCNc1nc(-c2ccccc2)nc(-c2cccc3ccccc23)c1-c1ccccc1. The van der Waals surface area contributed by atoms with Crippen LogP contribution >= 0.6 is 0 Å². The molecular weight excluding hydrogens is 464 g/mol. The van der Waals surface area contributed by atoms with Crippen molar-refractivity contribution in [1.29, 1.82) is 0 Å². The third-order valence-electron chi connectivity index (χ3n) is 6.97. The predicted octanol–water partition coefficient (Wildman–Crippen LogP) is 8.34. The monoisotopic (exact) mass is 500 g/mol. The van der Waals surface area contributed by atoms with E-state index in [1.165, 1.54) is 36.5 Å². The number of nitrogens with zero attached hydrogens (tertiary/aromatic N) is 2. The van der Waals surface area contributed by atoms with Gasteiger partial charge in [0.15, 0.2) is 5.82 Å². The Morgan fingerprint density at radius 1 is 0.579 bits per heavy atom. The largest absolute Gasteiger partial charge is 0.369 e. The Labute approximate surface area is 226 Å². The number of nitrogens with one attached hydrogen (secondary N) is 1. The fourth-order valence-electron chi connectivity index (χ4n) is 4.99. The zero-order valence-electron chi connectivity index (χ0n) is 21.9. The van der Waals surface area contributed by atoms with Gasteiger partial charge in [-0.05, 0) is 35.7 Å². The Hall–Kier alpha value is -4.02. The maximum absolute atomic E-state index is 5.63. The van der Waals surface area contributed by atoms with Crippen molar-refractivity contribution >= 4 is 16.6 Å². The highest BCUT2D eigenvalue weighted by Crippen LogP contribution is 2.40. The standard InChI is InChI=1S/C34H36N4/c35-24-13-3-1-2-4-14-25-36-34-31(27-17-7-5-8-18-27)32(37-33(38-34)28-19-9-6-10-20-28)30-23-15-21-26-16-11-12-22-29(26)30/h5-12,15-23H,1-4,13-14,24-25,35H2,(H,36,37,38). The van der Waals surface area contributed by atoms with Crippen molar-refractivity contribution in [2.45, 2.75) is 38.5 Å². The van der Waals surface area contributed by atoms with Crippen LogP contribution in [0.15, 0.2) is 103 Å². The van der Waals surface area contributed by atoms with E-state index in [0.717, 1.165) is 65.5 Å². The summed E-state index contributed by atoms with van der Waals surface area (Å²) in [5.74, 6) is 1.62. The minimum atomic E-state index is 0.734. The quantitative estimate of drug-likeness (QED) is 0.169. The van der Waals surface area contributed by atoms with Crippen molar-refractivity contribution in [2.24, 2.45) is 5.73 Å². The maximum atomic E-state index is 5.63. The number of benzene rings is 4. The molecule has 5 aromatic rings. The summed E-state index contributed by atoms with van der Waals surface area (Å²) in [6.07, 6.45) is 7.15. The zero-order valence-corrected chi connectivity index (χ0v) is 21.9. The van der Waals surface area contributed by atoms with Gasteiger partial charge in [-0.25, -0.2) is 9.97 Å². The summed E-state index contributed by atoms with van der Waals surface area (Å²) in [5.41, 5.74) is 10.9. The van der Waals surface area contributed by atoms with Gasteiger partial charge in [0.2, 0.25) is 0 Å². The van der Waals surface area contributed by atoms with Crippen molar-refractivity contribution in [3.8, 4) is 33.8 Å². The minimum Gasteiger partial charge on any atom is -0.369 e. The number of unbranched alkanes of at least 4 members (excludes halogenated alkanes) is 5. The van der Waals surface area contributed by atoms with E-state index in [1.54, 1.807) is 0 Å². The minimum absolute atomic E-state index is 0.734. The van der Waals surface area contributed by atoms with Crippen LogP contribution in [0.4, 0.5) is 5.82 Å². The molecule has 192 valence electrons. The molecule has 4 heteroatoms. The van der Waals surface area contributed by atoms with Gasteiger partial charge in [-0.3, -0.25) is 0 Å². The summed E-state index contributed by atoms with van der Waals surface area (Å²) < 4.78 is 0. The molecule has 5 rings (SSSR count). The number of anilines is 1. The Kier molecular flexibility index (Phi) is 8.75. The third kappa shape index (κ3) is 6.09.